The molecule has 0 unspecified atom stereocenters. The summed E-state index contributed by atoms with van der Waals surface area (Å²) in [7, 11) is 0. The number of anilines is 2. The molecule has 6 heteroatoms. The van der Waals surface area contributed by atoms with Gasteiger partial charge in [-0.25, -0.2) is 14.8 Å². The molecule has 6 nitrogen and oxygen atoms in total. The fourth-order valence-corrected chi connectivity index (χ4v) is 1.24. The van der Waals surface area contributed by atoms with E-state index in [0.29, 0.717) is 11.6 Å². The van der Waals surface area contributed by atoms with Crippen molar-refractivity contribution in [1.29, 1.82) is 0 Å². The van der Waals surface area contributed by atoms with E-state index in [1.807, 2.05) is 18.2 Å². The Hall–Kier alpha value is -2.37. The van der Waals surface area contributed by atoms with Gasteiger partial charge in [-0.05, 0) is 12.1 Å². The van der Waals surface area contributed by atoms with Gasteiger partial charge in [0, 0.05) is 0 Å². The Bertz CT molecular complexity index is 439. The summed E-state index contributed by atoms with van der Waals surface area (Å²) in [4.78, 5) is 16.4. The van der Waals surface area contributed by atoms with Crippen LogP contribution in [0.15, 0.2) is 36.7 Å². The molecule has 0 radical (unpaired) electrons. The molecule has 2 rings (SSSR count). The first-order valence-electron chi connectivity index (χ1n) is 4.29. The maximum atomic E-state index is 11.3. The van der Waals surface area contributed by atoms with Crippen LogP contribution in [-0.4, -0.2) is 21.2 Å². The topological polar surface area (TPSA) is 87.9 Å². The summed E-state index contributed by atoms with van der Waals surface area (Å²) in [6.07, 6.45) is 1.31. The fourth-order valence-electron chi connectivity index (χ4n) is 1.24. The minimum absolute atomic E-state index is 0.300. The Morgan fingerprint density at radius 2 is 2.07 bits per heavy atom. The number of para-hydroxylation sites is 1. The van der Waals surface area contributed by atoms with Gasteiger partial charge < -0.3 is 5.73 Å². The molecule has 15 heavy (non-hydrogen) atoms. The molecule has 0 saturated heterocycles. The van der Waals surface area contributed by atoms with E-state index in [0.717, 1.165) is 0 Å². The number of nitrogens with zero attached hydrogens (tertiary/aromatic N) is 3. The standard InChI is InChI=1S/C9H9N5O/c10-8(15)14(9-11-6-12-13-9)7-4-2-1-3-5-7/h1-6H,(H2,10,15)(H,11,12,13). The van der Waals surface area contributed by atoms with E-state index in [9.17, 15) is 4.79 Å². The van der Waals surface area contributed by atoms with Crippen LogP contribution in [-0.2, 0) is 0 Å². The van der Waals surface area contributed by atoms with E-state index in [1.54, 1.807) is 12.1 Å². The molecule has 0 aliphatic heterocycles. The molecule has 2 amide bonds. The second kappa shape index (κ2) is 3.79. The number of benzene rings is 1. The number of aromatic amines is 1. The maximum absolute atomic E-state index is 11.3. The second-order valence-corrected chi connectivity index (χ2v) is 2.82. The summed E-state index contributed by atoms with van der Waals surface area (Å²) in [6, 6.07) is 8.37. The Morgan fingerprint density at radius 1 is 1.33 bits per heavy atom. The molecule has 1 aromatic carbocycles. The van der Waals surface area contributed by atoms with Crippen molar-refractivity contribution < 1.29 is 4.79 Å². The molecule has 3 N–H and O–H groups in total. The molecule has 0 atom stereocenters. The number of primary amides is 1. The number of carbonyl (C=O) groups excluding carboxylic acids is 1. The zero-order valence-electron chi connectivity index (χ0n) is 7.79. The summed E-state index contributed by atoms with van der Waals surface area (Å²) in [5.74, 6) is 0.300. The third kappa shape index (κ3) is 1.78. The molecule has 0 spiro atoms. The van der Waals surface area contributed by atoms with Gasteiger partial charge in [0.25, 0.3) is 0 Å². The molecule has 1 heterocycles. The highest BCUT2D eigenvalue weighted by atomic mass is 16.2. The summed E-state index contributed by atoms with van der Waals surface area (Å²) in [6.45, 7) is 0. The predicted octanol–water partition coefficient (Wildman–Crippen LogP) is 1.02. The van der Waals surface area contributed by atoms with E-state index < -0.39 is 6.03 Å². The van der Waals surface area contributed by atoms with Crippen LogP contribution in [0.3, 0.4) is 0 Å². The molecule has 76 valence electrons. The molecule has 0 aliphatic rings. The van der Waals surface area contributed by atoms with Crippen molar-refractivity contribution in [2.75, 3.05) is 4.90 Å². The first kappa shape index (κ1) is 9.20. The minimum atomic E-state index is -0.613. The Balaban J connectivity index is 2.42. The lowest BCUT2D eigenvalue weighted by molar-refractivity contribution is 0.256. The highest BCUT2D eigenvalue weighted by molar-refractivity contribution is 5.96. The third-order valence-corrected chi connectivity index (χ3v) is 1.85. The highest BCUT2D eigenvalue weighted by Gasteiger charge is 2.16. The first-order chi connectivity index (χ1) is 7.29. The highest BCUT2D eigenvalue weighted by Crippen LogP contribution is 2.19. The van der Waals surface area contributed by atoms with Gasteiger partial charge in [0.15, 0.2) is 0 Å². The van der Waals surface area contributed by atoms with Crippen molar-refractivity contribution in [3.63, 3.8) is 0 Å². The van der Waals surface area contributed by atoms with E-state index in [4.69, 9.17) is 5.73 Å². The summed E-state index contributed by atoms with van der Waals surface area (Å²) in [5, 5.41) is 6.25. The van der Waals surface area contributed by atoms with E-state index >= 15 is 0 Å². The maximum Gasteiger partial charge on any atom is 0.326 e. The lowest BCUT2D eigenvalue weighted by Gasteiger charge is -2.16. The van der Waals surface area contributed by atoms with Crippen molar-refractivity contribution in [3.8, 4) is 0 Å². The lowest BCUT2D eigenvalue weighted by Crippen LogP contribution is -2.32. The van der Waals surface area contributed by atoms with E-state index in [2.05, 4.69) is 15.2 Å². The number of carbonyl (C=O) groups is 1. The van der Waals surface area contributed by atoms with Crippen LogP contribution < -0.4 is 10.6 Å². The van der Waals surface area contributed by atoms with Gasteiger partial charge >= 0.3 is 6.03 Å². The Labute approximate surface area is 85.7 Å². The molecule has 0 aliphatic carbocycles. The average molecular weight is 203 g/mol. The van der Waals surface area contributed by atoms with Gasteiger partial charge in [-0.1, -0.05) is 18.2 Å². The molecule has 0 bridgehead atoms. The van der Waals surface area contributed by atoms with Crippen molar-refractivity contribution in [3.05, 3.63) is 36.7 Å². The third-order valence-electron chi connectivity index (χ3n) is 1.85. The normalized spacial score (nSPS) is 9.87. The van der Waals surface area contributed by atoms with Gasteiger partial charge in [0.05, 0.1) is 5.69 Å². The van der Waals surface area contributed by atoms with E-state index in [1.165, 1.54) is 11.2 Å². The van der Waals surface area contributed by atoms with Gasteiger partial charge in [0.1, 0.15) is 6.33 Å². The quantitative estimate of drug-likeness (QED) is 0.763. The number of nitrogens with one attached hydrogen (secondary N) is 1. The van der Waals surface area contributed by atoms with Crippen molar-refractivity contribution >= 4 is 17.7 Å². The largest absolute Gasteiger partial charge is 0.351 e. The van der Waals surface area contributed by atoms with Gasteiger partial charge in [-0.15, -0.1) is 0 Å². The summed E-state index contributed by atoms with van der Waals surface area (Å²) >= 11 is 0. The number of rotatable bonds is 2. The molecule has 1 aromatic heterocycles. The zero-order valence-corrected chi connectivity index (χ0v) is 7.79. The Morgan fingerprint density at radius 3 is 2.60 bits per heavy atom. The second-order valence-electron chi connectivity index (χ2n) is 2.82. The van der Waals surface area contributed by atoms with Gasteiger partial charge in [-0.2, -0.15) is 10.1 Å². The van der Waals surface area contributed by atoms with Crippen molar-refractivity contribution in [1.82, 2.24) is 15.2 Å². The first-order valence-corrected chi connectivity index (χ1v) is 4.29. The average Bonchev–Trinajstić information content (AvgIpc) is 2.72. The van der Waals surface area contributed by atoms with Gasteiger partial charge in [0.2, 0.25) is 5.95 Å². The molecule has 0 saturated carbocycles. The van der Waals surface area contributed by atoms with Crippen LogP contribution in [0, 0.1) is 0 Å². The molecule has 0 fully saturated rings. The van der Waals surface area contributed by atoms with Crippen LogP contribution in [0.4, 0.5) is 16.4 Å². The van der Waals surface area contributed by atoms with Crippen LogP contribution in [0.5, 0.6) is 0 Å². The molecule has 2 aromatic rings. The number of hydrogen-bond acceptors (Lipinski definition) is 3. The van der Waals surface area contributed by atoms with Crippen LogP contribution in [0.1, 0.15) is 0 Å². The van der Waals surface area contributed by atoms with E-state index in [-0.39, 0.29) is 0 Å². The SMILES string of the molecule is NC(=O)N(c1ccccc1)c1ncn[nH]1. The van der Waals surface area contributed by atoms with Crippen LogP contribution in [0.25, 0.3) is 0 Å². The van der Waals surface area contributed by atoms with Crippen LogP contribution >= 0.6 is 0 Å². The van der Waals surface area contributed by atoms with Gasteiger partial charge in [-0.3, -0.25) is 0 Å². The predicted molar refractivity (Wildman–Crippen MR) is 54.5 cm³/mol. The monoisotopic (exact) mass is 203 g/mol. The zero-order chi connectivity index (χ0) is 10.7. The van der Waals surface area contributed by atoms with Crippen LogP contribution in [0.2, 0.25) is 0 Å². The summed E-state index contributed by atoms with van der Waals surface area (Å²) < 4.78 is 0. The minimum Gasteiger partial charge on any atom is -0.351 e. The number of amides is 2. The number of nitrogens with two attached hydrogens (primary N) is 1. The molecular formula is C9H9N5O. The number of urea groups is 1. The fraction of sp³-hybridized carbons (Fsp3) is 0. The number of aromatic nitrogens is 3. The smallest absolute Gasteiger partial charge is 0.326 e. The Kier molecular flexibility index (Phi) is 2.32. The summed E-state index contributed by atoms with van der Waals surface area (Å²) in [5.41, 5.74) is 5.90. The molecular weight excluding hydrogens is 194 g/mol. The van der Waals surface area contributed by atoms with Crippen molar-refractivity contribution in [2.24, 2.45) is 5.73 Å². The lowest BCUT2D eigenvalue weighted by atomic mass is 10.3. The van der Waals surface area contributed by atoms with Crippen molar-refractivity contribution in [2.45, 2.75) is 0 Å². The number of hydrogen-bond donors (Lipinski definition) is 2. The number of H-pyrrole nitrogens is 1.